The normalized spacial score (nSPS) is 9.54. The minimum atomic E-state index is 0.250. The van der Waals surface area contributed by atoms with E-state index in [-0.39, 0.29) is 6.15 Å². The fraction of sp³-hybridized carbons (Fsp3) is 0.118. The Balaban J connectivity index is 0.000000647. The van der Waals surface area contributed by atoms with E-state index >= 15 is 0 Å². The average molecular weight is 341 g/mol. The summed E-state index contributed by atoms with van der Waals surface area (Å²) in [7, 11) is 1.68. The second kappa shape index (κ2) is 9.29. The molecule has 24 heavy (non-hydrogen) atoms. The number of hydrogen-bond donors (Lipinski definition) is 1. The first-order chi connectivity index (χ1) is 11.8. The molecule has 1 heterocycles. The number of nitrogens with one attached hydrogen (secondary N) is 1. The third-order valence-electron chi connectivity index (χ3n) is 3.14. The monoisotopic (exact) mass is 341 g/mol. The maximum absolute atomic E-state index is 8.12. The molecule has 6 nitrogen and oxygen atoms in total. The van der Waals surface area contributed by atoms with E-state index in [2.05, 4.69) is 45.7 Å². The topological polar surface area (TPSA) is 84.9 Å². The van der Waals surface area contributed by atoms with Gasteiger partial charge in [-0.2, -0.15) is 19.9 Å². The fourth-order valence-corrected chi connectivity index (χ4v) is 2.75. The Morgan fingerprint density at radius 3 is 2.50 bits per heavy atom. The Morgan fingerprint density at radius 2 is 1.88 bits per heavy atom. The molecule has 0 fully saturated rings. The zero-order valence-electron chi connectivity index (χ0n) is 12.9. The third kappa shape index (κ3) is 5.08. The van der Waals surface area contributed by atoms with E-state index < -0.39 is 0 Å². The van der Waals surface area contributed by atoms with Gasteiger partial charge in [0.25, 0.3) is 0 Å². The van der Waals surface area contributed by atoms with Crippen molar-refractivity contribution in [3.8, 4) is 16.9 Å². The lowest BCUT2D eigenvalue weighted by molar-refractivity contribution is -0.191. The van der Waals surface area contributed by atoms with Crippen LogP contribution in [0.5, 0.6) is 5.75 Å². The summed E-state index contributed by atoms with van der Waals surface area (Å²) >= 11 is 1.66. The summed E-state index contributed by atoms with van der Waals surface area (Å²) in [5, 5.41) is 11.3. The van der Waals surface area contributed by atoms with Crippen molar-refractivity contribution in [1.29, 1.82) is 0 Å². The fourth-order valence-electron chi connectivity index (χ4n) is 2.01. The first-order valence-electron chi connectivity index (χ1n) is 6.98. The molecule has 7 heteroatoms. The van der Waals surface area contributed by atoms with Gasteiger partial charge in [-0.15, -0.1) is 5.10 Å². The standard InChI is InChI=1S/C16H15N3OS.CO2/c1-20-15-4-2-3-14(9-15)13-7-5-12(6-8-13)11-21-16-10-17-19-18-16;2-1-3/h2-10H,11H2,1H3,(H,17,18,19);. The molecule has 0 aliphatic rings. The molecule has 0 amide bonds. The molecule has 0 saturated carbocycles. The van der Waals surface area contributed by atoms with Crippen LogP contribution in [0.1, 0.15) is 5.56 Å². The van der Waals surface area contributed by atoms with E-state index in [1.807, 2.05) is 18.2 Å². The number of aromatic nitrogens is 3. The number of carbonyl (C=O) groups excluding carboxylic acids is 2. The summed E-state index contributed by atoms with van der Waals surface area (Å²) in [6.07, 6.45) is 1.98. The first kappa shape index (κ1) is 17.5. The van der Waals surface area contributed by atoms with Crippen LogP contribution in [0, 0.1) is 0 Å². The van der Waals surface area contributed by atoms with Gasteiger partial charge in [-0.25, -0.2) is 0 Å². The van der Waals surface area contributed by atoms with Crippen LogP contribution in [0.2, 0.25) is 0 Å². The van der Waals surface area contributed by atoms with Gasteiger partial charge in [0.1, 0.15) is 10.8 Å². The van der Waals surface area contributed by atoms with Crippen molar-refractivity contribution in [2.45, 2.75) is 10.8 Å². The average Bonchev–Trinajstić information content (AvgIpc) is 3.15. The molecule has 0 bridgehead atoms. The molecule has 2 aromatic carbocycles. The number of benzene rings is 2. The number of ether oxygens (including phenoxy) is 1. The van der Waals surface area contributed by atoms with Gasteiger partial charge in [-0.3, -0.25) is 0 Å². The summed E-state index contributed by atoms with van der Waals surface area (Å²) in [4.78, 5) is 16.2. The van der Waals surface area contributed by atoms with Crippen molar-refractivity contribution >= 4 is 17.9 Å². The Labute approximate surface area is 143 Å². The molecular formula is C17H15N3O3S. The van der Waals surface area contributed by atoms with Crippen LogP contribution in [0.15, 0.2) is 59.8 Å². The van der Waals surface area contributed by atoms with E-state index in [0.29, 0.717) is 0 Å². The predicted molar refractivity (Wildman–Crippen MR) is 89.4 cm³/mol. The van der Waals surface area contributed by atoms with E-state index in [0.717, 1.165) is 22.1 Å². The zero-order valence-corrected chi connectivity index (χ0v) is 13.7. The van der Waals surface area contributed by atoms with Gasteiger partial charge < -0.3 is 4.74 Å². The molecule has 0 saturated heterocycles. The number of hydrogen-bond acceptors (Lipinski definition) is 6. The molecule has 1 aromatic heterocycles. The van der Waals surface area contributed by atoms with Gasteiger partial charge in [0, 0.05) is 5.75 Å². The Bertz CT molecular complexity index is 783. The van der Waals surface area contributed by atoms with Crippen LogP contribution >= 0.6 is 11.8 Å². The first-order valence-corrected chi connectivity index (χ1v) is 7.96. The van der Waals surface area contributed by atoms with Gasteiger partial charge in [-0.1, -0.05) is 48.2 Å². The molecular weight excluding hydrogens is 326 g/mol. The van der Waals surface area contributed by atoms with Crippen LogP contribution in [0.4, 0.5) is 0 Å². The minimum absolute atomic E-state index is 0.250. The lowest BCUT2D eigenvalue weighted by Crippen LogP contribution is -1.85. The SMILES string of the molecule is COc1cccc(-c2ccc(CSc3cn[nH]n3)cc2)c1.O=C=O. The third-order valence-corrected chi connectivity index (χ3v) is 4.11. The number of thioether (sulfide) groups is 1. The molecule has 0 aliphatic carbocycles. The van der Waals surface area contributed by atoms with Crippen molar-refractivity contribution in [3.63, 3.8) is 0 Å². The minimum Gasteiger partial charge on any atom is -0.497 e. The van der Waals surface area contributed by atoms with E-state index in [1.54, 1.807) is 25.1 Å². The molecule has 0 radical (unpaired) electrons. The van der Waals surface area contributed by atoms with E-state index in [1.165, 1.54) is 11.1 Å². The molecule has 3 aromatic rings. The number of methoxy groups -OCH3 is 1. The quantitative estimate of drug-likeness (QED) is 0.717. The van der Waals surface area contributed by atoms with Crippen LogP contribution in [0.3, 0.4) is 0 Å². The number of rotatable bonds is 5. The largest absolute Gasteiger partial charge is 0.497 e. The highest BCUT2D eigenvalue weighted by Gasteiger charge is 2.02. The van der Waals surface area contributed by atoms with Gasteiger partial charge in [0.05, 0.1) is 13.3 Å². The van der Waals surface area contributed by atoms with Gasteiger partial charge in [-0.05, 0) is 28.8 Å². The summed E-state index contributed by atoms with van der Waals surface area (Å²) < 4.78 is 5.26. The lowest BCUT2D eigenvalue weighted by Gasteiger charge is -2.06. The highest BCUT2D eigenvalue weighted by Crippen LogP contribution is 2.25. The Hall–Kier alpha value is -2.89. The van der Waals surface area contributed by atoms with Crippen LogP contribution < -0.4 is 4.74 Å². The van der Waals surface area contributed by atoms with Crippen molar-refractivity contribution in [1.82, 2.24) is 15.4 Å². The van der Waals surface area contributed by atoms with Crippen LogP contribution in [-0.4, -0.2) is 28.7 Å². The summed E-state index contributed by atoms with van der Waals surface area (Å²) in [5.41, 5.74) is 3.60. The zero-order chi connectivity index (χ0) is 17.2. The highest BCUT2D eigenvalue weighted by molar-refractivity contribution is 7.98. The Morgan fingerprint density at radius 1 is 1.12 bits per heavy atom. The summed E-state index contributed by atoms with van der Waals surface area (Å²) in [5.74, 6) is 1.75. The summed E-state index contributed by atoms with van der Waals surface area (Å²) in [6, 6.07) is 16.6. The lowest BCUT2D eigenvalue weighted by atomic mass is 10.0. The van der Waals surface area contributed by atoms with Crippen molar-refractivity contribution in [2.24, 2.45) is 0 Å². The highest BCUT2D eigenvalue weighted by atomic mass is 32.2. The second-order valence-electron chi connectivity index (χ2n) is 4.61. The van der Waals surface area contributed by atoms with Gasteiger partial charge in [0.2, 0.25) is 0 Å². The molecule has 0 unspecified atom stereocenters. The van der Waals surface area contributed by atoms with Crippen molar-refractivity contribution in [2.75, 3.05) is 7.11 Å². The van der Waals surface area contributed by atoms with E-state index in [4.69, 9.17) is 14.3 Å². The van der Waals surface area contributed by atoms with Gasteiger partial charge in [0.15, 0.2) is 0 Å². The molecule has 0 spiro atoms. The molecule has 0 atom stereocenters. The maximum atomic E-state index is 8.12. The smallest absolute Gasteiger partial charge is 0.373 e. The molecule has 1 N–H and O–H groups in total. The molecule has 3 rings (SSSR count). The molecule has 0 aliphatic heterocycles. The summed E-state index contributed by atoms with van der Waals surface area (Å²) in [6.45, 7) is 0. The second-order valence-corrected chi connectivity index (χ2v) is 5.60. The number of nitrogens with zero attached hydrogens (tertiary/aromatic N) is 2. The van der Waals surface area contributed by atoms with Crippen LogP contribution in [-0.2, 0) is 15.3 Å². The number of aromatic amines is 1. The number of H-pyrrole nitrogens is 1. The maximum Gasteiger partial charge on any atom is 0.373 e. The van der Waals surface area contributed by atoms with Gasteiger partial charge >= 0.3 is 6.15 Å². The van der Waals surface area contributed by atoms with Crippen molar-refractivity contribution < 1.29 is 14.3 Å². The predicted octanol–water partition coefficient (Wildman–Crippen LogP) is 3.19. The molecule has 122 valence electrons. The van der Waals surface area contributed by atoms with Crippen molar-refractivity contribution in [3.05, 3.63) is 60.3 Å². The Kier molecular flexibility index (Phi) is 6.76. The van der Waals surface area contributed by atoms with Crippen LogP contribution in [0.25, 0.3) is 11.1 Å². The van der Waals surface area contributed by atoms with E-state index in [9.17, 15) is 0 Å².